The summed E-state index contributed by atoms with van der Waals surface area (Å²) in [4.78, 5) is 0. The minimum absolute atomic E-state index is 0.144. The van der Waals surface area contributed by atoms with Gasteiger partial charge in [-0.25, -0.2) is 0 Å². The van der Waals surface area contributed by atoms with E-state index in [1.54, 1.807) is 12.3 Å². The van der Waals surface area contributed by atoms with Gasteiger partial charge in [-0.1, -0.05) is 81.2 Å². The lowest BCUT2D eigenvalue weighted by atomic mass is 9.99. The lowest BCUT2D eigenvalue weighted by Gasteiger charge is -2.15. The van der Waals surface area contributed by atoms with Crippen LogP contribution in [0.1, 0.15) is 65.6 Å². The molecule has 1 rings (SSSR count). The lowest BCUT2D eigenvalue weighted by Crippen LogP contribution is -2.13. The fourth-order valence-corrected chi connectivity index (χ4v) is 1.75. The van der Waals surface area contributed by atoms with Crippen LogP contribution < -0.4 is 5.32 Å². The molecule has 0 radical (unpaired) electrons. The number of benzene rings is 1. The zero-order chi connectivity index (χ0) is 19.8. The molecule has 0 aliphatic rings. The van der Waals surface area contributed by atoms with Crippen LogP contribution >= 0.6 is 0 Å². The average molecular weight is 340 g/mol. The molecule has 0 amide bonds. The molecule has 1 heteroatoms. The van der Waals surface area contributed by atoms with Crippen LogP contribution in [0.3, 0.4) is 0 Å². The van der Waals surface area contributed by atoms with Gasteiger partial charge in [-0.3, -0.25) is 0 Å². The molecular weight excluding hydrogens is 302 g/mol. The molecule has 138 valence electrons. The van der Waals surface area contributed by atoms with Crippen molar-refractivity contribution in [2.45, 2.75) is 54.5 Å². The van der Waals surface area contributed by atoms with Crippen LogP contribution in [0.25, 0.3) is 5.57 Å². The molecule has 1 N–H and O–H groups in total. The molecule has 0 saturated carbocycles. The van der Waals surface area contributed by atoms with Crippen molar-refractivity contribution in [3.63, 3.8) is 0 Å². The first kappa shape index (κ1) is 25.0. The normalized spacial score (nSPS) is 9.72. The molecule has 0 saturated heterocycles. The third-order valence-electron chi connectivity index (χ3n) is 3.24. The first-order valence-electron chi connectivity index (χ1n) is 8.88. The van der Waals surface area contributed by atoms with Gasteiger partial charge in [-0.2, -0.15) is 0 Å². The number of allylic oxidation sites excluding steroid dienone is 5. The third-order valence-corrected chi connectivity index (χ3v) is 3.24. The highest BCUT2D eigenvalue weighted by Gasteiger charge is 2.07. The molecule has 1 atom stereocenters. The molecule has 0 fully saturated rings. The molecular formula is C24H37N. The van der Waals surface area contributed by atoms with Crippen LogP contribution in [0.4, 0.5) is 0 Å². The number of hydrogen-bond donors (Lipinski definition) is 1. The third kappa shape index (κ3) is 11.8. The summed E-state index contributed by atoms with van der Waals surface area (Å²) in [5, 5.41) is 3.25. The highest BCUT2D eigenvalue weighted by molar-refractivity contribution is 5.71. The summed E-state index contributed by atoms with van der Waals surface area (Å²) in [5.41, 5.74) is 5.87. The second-order valence-corrected chi connectivity index (χ2v) is 5.81. The molecule has 1 aromatic rings. The van der Waals surface area contributed by atoms with E-state index >= 15 is 0 Å². The van der Waals surface area contributed by atoms with Gasteiger partial charge in [0, 0.05) is 0 Å². The van der Waals surface area contributed by atoms with E-state index in [2.05, 4.69) is 77.0 Å². The zero-order valence-corrected chi connectivity index (χ0v) is 17.3. The predicted octanol–water partition coefficient (Wildman–Crippen LogP) is 7.62. The molecule has 0 bridgehead atoms. The van der Waals surface area contributed by atoms with Gasteiger partial charge in [0.25, 0.3) is 0 Å². The van der Waals surface area contributed by atoms with E-state index < -0.39 is 0 Å². The van der Waals surface area contributed by atoms with Crippen molar-refractivity contribution in [2.75, 3.05) is 0 Å². The van der Waals surface area contributed by atoms with E-state index in [-0.39, 0.29) is 6.04 Å². The Kier molecular flexibility index (Phi) is 15.2. The minimum atomic E-state index is 0.144. The van der Waals surface area contributed by atoms with Gasteiger partial charge in [-0.05, 0) is 63.6 Å². The number of nitrogens with one attached hydrogen (secondary N) is 1. The topological polar surface area (TPSA) is 12.0 Å². The first-order valence-corrected chi connectivity index (χ1v) is 8.88. The molecule has 1 aromatic carbocycles. The SMILES string of the molecule is C=CNC(C=C(C)C)c1cccc(C(=C)C=C)c1.CC.CC=C(C)C. The Hall–Kier alpha value is -2.28. The maximum Gasteiger partial charge on any atom is 0.0695 e. The van der Waals surface area contributed by atoms with Crippen LogP contribution in [0.5, 0.6) is 0 Å². The Morgan fingerprint density at radius 1 is 1.04 bits per heavy atom. The summed E-state index contributed by atoms with van der Waals surface area (Å²) in [7, 11) is 0. The van der Waals surface area contributed by atoms with Crippen LogP contribution in [0.15, 0.2) is 79.6 Å². The van der Waals surface area contributed by atoms with E-state index in [4.69, 9.17) is 0 Å². The highest BCUT2D eigenvalue weighted by atomic mass is 14.9. The largest absolute Gasteiger partial charge is 0.381 e. The van der Waals surface area contributed by atoms with E-state index in [1.807, 2.05) is 32.9 Å². The van der Waals surface area contributed by atoms with Gasteiger partial charge in [0.1, 0.15) is 0 Å². The van der Waals surface area contributed by atoms with Gasteiger partial charge in [0.2, 0.25) is 0 Å². The zero-order valence-electron chi connectivity index (χ0n) is 17.3. The minimum Gasteiger partial charge on any atom is -0.381 e. The van der Waals surface area contributed by atoms with Crippen molar-refractivity contribution in [2.24, 2.45) is 0 Å². The maximum absolute atomic E-state index is 3.98. The molecule has 0 aromatic heterocycles. The molecule has 0 spiro atoms. The summed E-state index contributed by atoms with van der Waals surface area (Å²) >= 11 is 0. The van der Waals surface area contributed by atoms with Crippen molar-refractivity contribution < 1.29 is 0 Å². The molecule has 1 unspecified atom stereocenters. The number of rotatable bonds is 6. The summed E-state index contributed by atoms with van der Waals surface area (Å²) < 4.78 is 0. The summed E-state index contributed by atoms with van der Waals surface area (Å²) in [6, 6.07) is 8.45. The fraction of sp³-hybridized carbons (Fsp3) is 0.333. The summed E-state index contributed by atoms with van der Waals surface area (Å²) in [6.07, 6.45) is 7.76. The van der Waals surface area contributed by atoms with Crippen molar-refractivity contribution in [1.29, 1.82) is 0 Å². The van der Waals surface area contributed by atoms with Crippen LogP contribution in [-0.2, 0) is 0 Å². The second-order valence-electron chi connectivity index (χ2n) is 5.81. The van der Waals surface area contributed by atoms with Crippen LogP contribution in [-0.4, -0.2) is 0 Å². The quantitative estimate of drug-likeness (QED) is 0.415. The predicted molar refractivity (Wildman–Crippen MR) is 118 cm³/mol. The molecule has 0 aliphatic heterocycles. The van der Waals surface area contributed by atoms with E-state index in [9.17, 15) is 0 Å². The smallest absolute Gasteiger partial charge is 0.0695 e. The highest BCUT2D eigenvalue weighted by Crippen LogP contribution is 2.21. The van der Waals surface area contributed by atoms with Gasteiger partial charge in [-0.15, -0.1) is 0 Å². The van der Waals surface area contributed by atoms with E-state index in [1.165, 1.54) is 16.7 Å². The van der Waals surface area contributed by atoms with Gasteiger partial charge < -0.3 is 5.32 Å². The summed E-state index contributed by atoms with van der Waals surface area (Å²) in [6.45, 7) is 25.8. The van der Waals surface area contributed by atoms with Gasteiger partial charge in [0.15, 0.2) is 0 Å². The molecule has 0 aliphatic carbocycles. The number of hydrogen-bond acceptors (Lipinski definition) is 1. The van der Waals surface area contributed by atoms with E-state index in [0.717, 1.165) is 11.1 Å². The Balaban J connectivity index is 0. The fourth-order valence-electron chi connectivity index (χ4n) is 1.75. The van der Waals surface area contributed by atoms with Crippen LogP contribution in [0.2, 0.25) is 0 Å². The Labute approximate surface area is 156 Å². The standard InChI is InChI=1S/C17H21N.C5H10.C2H6/c1-6-14(5)15-9-8-10-16(12-15)17(18-7-2)11-13(3)4;1-4-5(2)3;1-2/h6-12,17-18H,1-2,5H2,3-4H3;4H,1-3H3;1-2H3. The van der Waals surface area contributed by atoms with Crippen molar-refractivity contribution in [1.82, 2.24) is 5.32 Å². The van der Waals surface area contributed by atoms with Crippen molar-refractivity contribution >= 4 is 5.57 Å². The van der Waals surface area contributed by atoms with Gasteiger partial charge >= 0.3 is 0 Å². The van der Waals surface area contributed by atoms with Gasteiger partial charge in [0.05, 0.1) is 6.04 Å². The molecule has 1 nitrogen and oxygen atoms in total. The first-order chi connectivity index (χ1) is 11.8. The Bertz CT molecular complexity index is 580. The van der Waals surface area contributed by atoms with E-state index in [0.29, 0.717) is 0 Å². The Morgan fingerprint density at radius 2 is 1.60 bits per heavy atom. The van der Waals surface area contributed by atoms with Crippen molar-refractivity contribution in [3.05, 3.63) is 90.7 Å². The van der Waals surface area contributed by atoms with Crippen molar-refractivity contribution in [3.8, 4) is 0 Å². The summed E-state index contributed by atoms with van der Waals surface area (Å²) in [5.74, 6) is 0. The monoisotopic (exact) mass is 339 g/mol. The molecule has 25 heavy (non-hydrogen) atoms. The molecule has 0 heterocycles. The lowest BCUT2D eigenvalue weighted by molar-refractivity contribution is 0.750. The Morgan fingerprint density at radius 3 is 2.00 bits per heavy atom. The maximum atomic E-state index is 3.98. The second kappa shape index (κ2) is 15.3. The average Bonchev–Trinajstić information content (AvgIpc) is 2.62. The van der Waals surface area contributed by atoms with Crippen LogP contribution in [0, 0.1) is 0 Å².